The molecule has 1 aromatic heterocycles. The van der Waals surface area contributed by atoms with Crippen LogP contribution >= 0.6 is 11.6 Å². The second-order valence-electron chi connectivity index (χ2n) is 5.60. The Morgan fingerprint density at radius 2 is 1.80 bits per heavy atom. The number of carbonyl (C=O) groups is 2. The van der Waals surface area contributed by atoms with E-state index in [1.807, 2.05) is 19.9 Å². The second kappa shape index (κ2) is 8.60. The predicted molar refractivity (Wildman–Crippen MR) is 97.3 cm³/mol. The van der Waals surface area contributed by atoms with Crippen molar-refractivity contribution in [2.45, 2.75) is 13.8 Å². The molecule has 6 nitrogen and oxygen atoms in total. The van der Waals surface area contributed by atoms with Crippen LogP contribution in [0.3, 0.4) is 0 Å². The summed E-state index contributed by atoms with van der Waals surface area (Å²) in [7, 11) is 1.55. The SMILES string of the molecule is COCCNC(=O)c1cncc(C(=O)Nc2c(C)cc(C)cc2Cl)c1. The number of nitrogens with one attached hydrogen (secondary N) is 2. The number of nitrogens with zero attached hydrogens (tertiary/aromatic N) is 1. The molecule has 1 heterocycles. The number of halogens is 1. The minimum atomic E-state index is -0.382. The van der Waals surface area contributed by atoms with Crippen molar-refractivity contribution >= 4 is 29.1 Å². The van der Waals surface area contributed by atoms with Crippen LogP contribution in [-0.4, -0.2) is 37.1 Å². The minimum Gasteiger partial charge on any atom is -0.383 e. The Kier molecular flexibility index (Phi) is 6.50. The smallest absolute Gasteiger partial charge is 0.257 e. The van der Waals surface area contributed by atoms with Crippen molar-refractivity contribution in [2.75, 3.05) is 25.6 Å². The second-order valence-corrected chi connectivity index (χ2v) is 6.01. The predicted octanol–water partition coefficient (Wildman–Crippen LogP) is 2.98. The summed E-state index contributed by atoms with van der Waals surface area (Å²) < 4.78 is 4.88. The number of aryl methyl sites for hydroxylation is 2. The van der Waals surface area contributed by atoms with Gasteiger partial charge < -0.3 is 15.4 Å². The van der Waals surface area contributed by atoms with E-state index in [-0.39, 0.29) is 17.4 Å². The summed E-state index contributed by atoms with van der Waals surface area (Å²) in [6, 6.07) is 5.20. The van der Waals surface area contributed by atoms with E-state index in [1.54, 1.807) is 13.2 Å². The van der Waals surface area contributed by atoms with Crippen molar-refractivity contribution in [2.24, 2.45) is 0 Å². The van der Waals surface area contributed by atoms with Crippen LogP contribution in [0.4, 0.5) is 5.69 Å². The molecule has 0 saturated carbocycles. The van der Waals surface area contributed by atoms with Crippen LogP contribution < -0.4 is 10.6 Å². The highest BCUT2D eigenvalue weighted by atomic mass is 35.5. The van der Waals surface area contributed by atoms with E-state index in [1.165, 1.54) is 18.5 Å². The van der Waals surface area contributed by atoms with Gasteiger partial charge in [0.25, 0.3) is 11.8 Å². The number of rotatable bonds is 6. The molecule has 0 unspecified atom stereocenters. The molecule has 0 saturated heterocycles. The number of amides is 2. The van der Waals surface area contributed by atoms with Gasteiger partial charge in [0, 0.05) is 26.0 Å². The number of hydrogen-bond acceptors (Lipinski definition) is 4. The Bertz CT molecular complexity index is 770. The first-order chi connectivity index (χ1) is 11.9. The molecule has 0 radical (unpaired) electrons. The highest BCUT2D eigenvalue weighted by molar-refractivity contribution is 6.34. The first-order valence-corrected chi connectivity index (χ1v) is 8.10. The molecule has 25 heavy (non-hydrogen) atoms. The summed E-state index contributed by atoms with van der Waals surface area (Å²) in [6.07, 6.45) is 2.81. The largest absolute Gasteiger partial charge is 0.383 e. The third kappa shape index (κ3) is 5.01. The Labute approximate surface area is 151 Å². The molecule has 1 aromatic carbocycles. The molecule has 0 atom stereocenters. The van der Waals surface area contributed by atoms with E-state index >= 15 is 0 Å². The highest BCUT2D eigenvalue weighted by Crippen LogP contribution is 2.27. The van der Waals surface area contributed by atoms with Gasteiger partial charge in [0.05, 0.1) is 28.4 Å². The number of benzene rings is 1. The number of hydrogen-bond donors (Lipinski definition) is 2. The quantitative estimate of drug-likeness (QED) is 0.775. The number of ether oxygens (including phenoxy) is 1. The van der Waals surface area contributed by atoms with Gasteiger partial charge in [-0.05, 0) is 37.1 Å². The van der Waals surface area contributed by atoms with Gasteiger partial charge in [0.2, 0.25) is 0 Å². The molecule has 0 aliphatic rings. The maximum atomic E-state index is 12.5. The van der Waals surface area contributed by atoms with E-state index in [4.69, 9.17) is 16.3 Å². The first kappa shape index (κ1) is 18.9. The van der Waals surface area contributed by atoms with Gasteiger partial charge in [-0.2, -0.15) is 0 Å². The summed E-state index contributed by atoms with van der Waals surface area (Å²) in [5.41, 5.74) is 3.00. The Morgan fingerprint density at radius 3 is 2.44 bits per heavy atom. The fraction of sp³-hybridized carbons (Fsp3) is 0.278. The summed E-state index contributed by atoms with van der Waals surface area (Å²) in [5.74, 6) is -0.698. The average Bonchev–Trinajstić information content (AvgIpc) is 2.58. The summed E-state index contributed by atoms with van der Waals surface area (Å²) in [5, 5.41) is 5.93. The molecule has 2 rings (SSSR count). The van der Waals surface area contributed by atoms with E-state index < -0.39 is 0 Å². The van der Waals surface area contributed by atoms with E-state index in [0.717, 1.165) is 11.1 Å². The molecule has 2 aromatic rings. The molecule has 0 fully saturated rings. The zero-order chi connectivity index (χ0) is 18.4. The lowest BCUT2D eigenvalue weighted by Crippen LogP contribution is -2.27. The first-order valence-electron chi connectivity index (χ1n) is 7.72. The average molecular weight is 362 g/mol. The van der Waals surface area contributed by atoms with Gasteiger partial charge in [-0.1, -0.05) is 17.7 Å². The molecule has 132 valence electrons. The molecule has 0 aliphatic carbocycles. The molecule has 0 aliphatic heterocycles. The molecular formula is C18H20ClN3O3. The van der Waals surface area contributed by atoms with E-state index in [2.05, 4.69) is 15.6 Å². The Balaban J connectivity index is 2.15. The standard InChI is InChI=1S/C18H20ClN3O3/c1-11-6-12(2)16(15(19)7-11)22-18(24)14-8-13(9-20-10-14)17(23)21-4-5-25-3/h6-10H,4-5H2,1-3H3,(H,21,23)(H,22,24). The Morgan fingerprint density at radius 1 is 1.12 bits per heavy atom. The van der Waals surface area contributed by atoms with Gasteiger partial charge in [0.1, 0.15) is 0 Å². The highest BCUT2D eigenvalue weighted by Gasteiger charge is 2.14. The fourth-order valence-corrected chi connectivity index (χ4v) is 2.69. The van der Waals surface area contributed by atoms with Crippen molar-refractivity contribution in [1.82, 2.24) is 10.3 Å². The number of carbonyl (C=O) groups excluding carboxylic acids is 2. The minimum absolute atomic E-state index is 0.274. The van der Waals surface area contributed by atoms with Gasteiger partial charge >= 0.3 is 0 Å². The number of methoxy groups -OCH3 is 1. The molecular weight excluding hydrogens is 342 g/mol. The third-order valence-corrected chi connectivity index (χ3v) is 3.82. The third-order valence-electron chi connectivity index (χ3n) is 3.52. The Hall–Kier alpha value is -2.44. The monoisotopic (exact) mass is 361 g/mol. The van der Waals surface area contributed by atoms with Gasteiger partial charge in [-0.25, -0.2) is 0 Å². The molecule has 0 spiro atoms. The molecule has 0 bridgehead atoms. The normalized spacial score (nSPS) is 10.4. The van der Waals surface area contributed by atoms with Crippen LogP contribution in [0.5, 0.6) is 0 Å². The summed E-state index contributed by atoms with van der Waals surface area (Å²) in [6.45, 7) is 4.58. The van der Waals surface area contributed by atoms with Crippen molar-refractivity contribution in [3.8, 4) is 0 Å². The van der Waals surface area contributed by atoms with Crippen LogP contribution in [0, 0.1) is 13.8 Å². The maximum Gasteiger partial charge on any atom is 0.257 e. The van der Waals surface area contributed by atoms with Crippen LogP contribution in [0.25, 0.3) is 0 Å². The van der Waals surface area contributed by atoms with Crippen molar-refractivity contribution < 1.29 is 14.3 Å². The zero-order valence-corrected chi connectivity index (χ0v) is 15.1. The summed E-state index contributed by atoms with van der Waals surface area (Å²) in [4.78, 5) is 28.5. The fourth-order valence-electron chi connectivity index (χ4n) is 2.32. The van der Waals surface area contributed by atoms with Crippen LogP contribution in [-0.2, 0) is 4.74 Å². The van der Waals surface area contributed by atoms with Gasteiger partial charge in [0.15, 0.2) is 0 Å². The molecule has 2 amide bonds. The topological polar surface area (TPSA) is 80.3 Å². The summed E-state index contributed by atoms with van der Waals surface area (Å²) >= 11 is 6.21. The van der Waals surface area contributed by atoms with Crippen LogP contribution in [0.2, 0.25) is 5.02 Å². The number of aromatic nitrogens is 1. The number of pyridine rings is 1. The van der Waals surface area contributed by atoms with E-state index in [9.17, 15) is 9.59 Å². The zero-order valence-electron chi connectivity index (χ0n) is 14.4. The van der Waals surface area contributed by atoms with Gasteiger partial charge in [-0.3, -0.25) is 14.6 Å². The maximum absolute atomic E-state index is 12.5. The lowest BCUT2D eigenvalue weighted by Gasteiger charge is -2.12. The molecule has 2 N–H and O–H groups in total. The van der Waals surface area contributed by atoms with Crippen molar-refractivity contribution in [3.63, 3.8) is 0 Å². The van der Waals surface area contributed by atoms with E-state index in [0.29, 0.717) is 29.4 Å². The van der Waals surface area contributed by atoms with Crippen molar-refractivity contribution in [1.29, 1.82) is 0 Å². The van der Waals surface area contributed by atoms with Crippen molar-refractivity contribution in [3.05, 3.63) is 57.9 Å². The van der Waals surface area contributed by atoms with Crippen LogP contribution in [0.15, 0.2) is 30.6 Å². The number of anilines is 1. The molecule has 7 heteroatoms. The lowest BCUT2D eigenvalue weighted by molar-refractivity contribution is 0.0936. The van der Waals surface area contributed by atoms with Gasteiger partial charge in [-0.15, -0.1) is 0 Å². The lowest BCUT2D eigenvalue weighted by atomic mass is 10.1. The van der Waals surface area contributed by atoms with Crippen LogP contribution in [0.1, 0.15) is 31.8 Å².